The Morgan fingerprint density at radius 2 is 0.730 bits per heavy atom. The van der Waals surface area contributed by atoms with Crippen LogP contribution in [-0.4, -0.2) is 126 Å². The molecule has 11 heteroatoms. The lowest BCUT2D eigenvalue weighted by Crippen LogP contribution is -2.80. The average Bonchev–Trinajstić information content (AvgIpc) is 2.64. The minimum absolute atomic E-state index is 0.357. The van der Waals surface area contributed by atoms with Crippen molar-refractivity contribution in [2.75, 3.05) is 54.5 Å². The fourth-order valence-corrected chi connectivity index (χ4v) is 38.0. The lowest BCUT2D eigenvalue weighted by atomic mass is 10.5. The number of rotatable bonds is 18. The monoisotopic (exact) mass is 608 g/mol. The topological polar surface area (TPSA) is 31.4 Å². The second-order valence-corrected chi connectivity index (χ2v) is 38.8. The van der Waals surface area contributed by atoms with Crippen molar-refractivity contribution in [3.05, 3.63) is 0 Å². The summed E-state index contributed by atoms with van der Waals surface area (Å²) in [4.78, 5) is 4.51. The highest BCUT2D eigenvalue weighted by atomic mass is 28.4. The maximum absolute atomic E-state index is 7.43. The van der Waals surface area contributed by atoms with E-state index in [1.54, 1.807) is 0 Å². The molecule has 6 nitrogen and oxygen atoms in total. The third-order valence-electron chi connectivity index (χ3n) is 6.95. The molecule has 2 unspecified atom stereocenters. The quantitative estimate of drug-likeness (QED) is 0.173. The molecule has 0 aliphatic carbocycles. The Bertz CT molecular complexity index is 571. The molecule has 0 radical (unpaired) electrons. The summed E-state index contributed by atoms with van der Waals surface area (Å²) in [5.74, 6) is 0. The Balaban J connectivity index is 7.48. The van der Waals surface area contributed by atoms with Crippen molar-refractivity contribution in [2.24, 2.45) is 0 Å². The van der Waals surface area contributed by atoms with Crippen molar-refractivity contribution in [1.82, 2.24) is 18.3 Å². The maximum Gasteiger partial charge on any atom is 0.371 e. The summed E-state index contributed by atoms with van der Waals surface area (Å²) in [5.41, 5.74) is 0.714. The Kier molecular flexibility index (Phi) is 15.0. The third kappa shape index (κ3) is 11.3. The maximum atomic E-state index is 7.43. The van der Waals surface area contributed by atoms with Crippen LogP contribution in [0.1, 0.15) is 26.7 Å². The fourth-order valence-electron chi connectivity index (χ4n) is 6.60. The first-order valence-electron chi connectivity index (χ1n) is 14.6. The van der Waals surface area contributed by atoms with E-state index in [1.165, 1.54) is 0 Å². The fraction of sp³-hybridized carbons (Fsp3) is 1.00. The summed E-state index contributed by atoms with van der Waals surface area (Å²) in [7, 11) is -0.881. The first-order valence-corrected chi connectivity index (χ1v) is 30.4. The zero-order chi connectivity index (χ0) is 29.6. The summed E-state index contributed by atoms with van der Waals surface area (Å²) >= 11 is 0. The van der Waals surface area contributed by atoms with Gasteiger partial charge >= 0.3 is 8.56 Å². The van der Waals surface area contributed by atoms with Crippen LogP contribution >= 0.6 is 0 Å². The predicted molar refractivity (Wildman–Crippen MR) is 180 cm³/mol. The van der Waals surface area contributed by atoms with Crippen molar-refractivity contribution in [3.8, 4) is 0 Å². The highest BCUT2D eigenvalue weighted by molar-refractivity contribution is 6.93. The van der Waals surface area contributed by atoms with E-state index in [1.807, 2.05) is 0 Å². The van der Waals surface area contributed by atoms with Crippen LogP contribution in [0.5, 0.6) is 0 Å². The molecule has 0 bridgehead atoms. The SMILES string of the molecule is CCC(N([Si](C)(C)C)[Si](C)(C)C)[Si](OCCN(C)C)(OCCN(C)C)C(CC)N([Si](C)(C)C)[Si](C)(C)C. The van der Waals surface area contributed by atoms with Crippen LogP contribution in [0.4, 0.5) is 0 Å². The van der Waals surface area contributed by atoms with Crippen LogP contribution < -0.4 is 0 Å². The van der Waals surface area contributed by atoms with Crippen molar-refractivity contribution in [2.45, 2.75) is 117 Å². The summed E-state index contributed by atoms with van der Waals surface area (Å²) in [6, 6.07) is 0. The standard InChI is InChI=1S/C26H68N4O2Si5/c1-19-25(29(33(7,8)9)34(10,11)12)37(31-23-21-27(3)4,32-24-22-28(5)6)26(20-2)30(35(13,14)15)36(16,17)18/h25-26H,19-24H2,1-18H3. The highest BCUT2D eigenvalue weighted by Crippen LogP contribution is 2.38. The summed E-state index contributed by atoms with van der Waals surface area (Å²) < 4.78 is 20.9. The van der Waals surface area contributed by atoms with Gasteiger partial charge in [0.1, 0.15) is 32.9 Å². The van der Waals surface area contributed by atoms with Crippen LogP contribution in [-0.2, 0) is 8.85 Å². The van der Waals surface area contributed by atoms with Gasteiger partial charge in [0.15, 0.2) is 0 Å². The second kappa shape index (κ2) is 14.7. The Morgan fingerprint density at radius 3 is 0.892 bits per heavy atom. The lowest BCUT2D eigenvalue weighted by Gasteiger charge is -2.59. The largest absolute Gasteiger partial charge is 0.391 e. The van der Waals surface area contributed by atoms with E-state index in [-0.39, 0.29) is 0 Å². The molecule has 0 aromatic heterocycles. The van der Waals surface area contributed by atoms with Gasteiger partial charge in [-0.1, -0.05) is 92.4 Å². The molecule has 2 atom stereocenters. The zero-order valence-electron chi connectivity index (χ0n) is 28.5. The molecule has 0 N–H and O–H groups in total. The molecule has 0 saturated heterocycles. The predicted octanol–water partition coefficient (Wildman–Crippen LogP) is 6.16. The molecule has 224 valence electrons. The smallest absolute Gasteiger partial charge is 0.371 e. The van der Waals surface area contributed by atoms with Gasteiger partial charge in [0.2, 0.25) is 0 Å². The van der Waals surface area contributed by atoms with Crippen LogP contribution in [0.2, 0.25) is 78.6 Å². The normalized spacial score (nSPS) is 16.4. The van der Waals surface area contributed by atoms with E-state index in [2.05, 4.69) is 139 Å². The van der Waals surface area contributed by atoms with Gasteiger partial charge < -0.3 is 27.1 Å². The zero-order valence-corrected chi connectivity index (χ0v) is 33.5. The number of likely N-dealkylation sites (N-methyl/N-ethyl adjacent to an activating group) is 2. The van der Waals surface area contributed by atoms with E-state index in [0.29, 0.717) is 11.3 Å². The highest BCUT2D eigenvalue weighted by Gasteiger charge is 2.61. The number of hydrogen-bond donors (Lipinski definition) is 0. The molecule has 0 saturated carbocycles. The van der Waals surface area contributed by atoms with E-state index in [9.17, 15) is 0 Å². The molecule has 0 aliphatic heterocycles. The Morgan fingerprint density at radius 1 is 0.486 bits per heavy atom. The van der Waals surface area contributed by atoms with E-state index in [0.717, 1.165) is 39.1 Å². The average molecular weight is 609 g/mol. The molecular weight excluding hydrogens is 541 g/mol. The molecule has 0 aliphatic rings. The summed E-state index contributed by atoms with van der Waals surface area (Å²) in [6.07, 6.45) is 2.18. The van der Waals surface area contributed by atoms with E-state index in [4.69, 9.17) is 8.85 Å². The number of hydrogen-bond acceptors (Lipinski definition) is 6. The molecule has 0 amide bonds. The molecule has 0 fully saturated rings. The molecule has 0 rings (SSSR count). The molecule has 0 spiro atoms. The van der Waals surface area contributed by atoms with Gasteiger partial charge in [-0.25, -0.2) is 0 Å². The molecule has 0 aromatic carbocycles. The molecule has 37 heavy (non-hydrogen) atoms. The van der Waals surface area contributed by atoms with Gasteiger partial charge in [-0.2, -0.15) is 0 Å². The van der Waals surface area contributed by atoms with Crippen molar-refractivity contribution in [3.63, 3.8) is 0 Å². The van der Waals surface area contributed by atoms with Gasteiger partial charge in [-0.15, -0.1) is 0 Å². The van der Waals surface area contributed by atoms with Gasteiger partial charge in [0, 0.05) is 37.6 Å². The number of nitrogens with zero attached hydrogens (tertiary/aromatic N) is 4. The molecular formula is C26H68N4O2Si5. The third-order valence-corrected chi connectivity index (χ3v) is 27.6. The van der Waals surface area contributed by atoms with E-state index < -0.39 is 41.5 Å². The van der Waals surface area contributed by atoms with Gasteiger partial charge in [-0.3, -0.25) is 0 Å². The van der Waals surface area contributed by atoms with Crippen LogP contribution in [0.3, 0.4) is 0 Å². The van der Waals surface area contributed by atoms with Crippen LogP contribution in [0.25, 0.3) is 0 Å². The minimum atomic E-state index is -2.82. The van der Waals surface area contributed by atoms with Crippen molar-refractivity contribution >= 4 is 41.5 Å². The second-order valence-electron chi connectivity index (χ2n) is 15.3. The molecule has 0 aromatic rings. The summed E-state index contributed by atoms with van der Waals surface area (Å²) in [5, 5.41) is 0. The first-order chi connectivity index (χ1) is 16.5. The van der Waals surface area contributed by atoms with Gasteiger partial charge in [-0.05, 0) is 41.0 Å². The van der Waals surface area contributed by atoms with Crippen LogP contribution in [0, 0.1) is 0 Å². The Hall–Kier alpha value is 0.844. The van der Waals surface area contributed by atoms with Crippen molar-refractivity contribution < 1.29 is 8.85 Å². The van der Waals surface area contributed by atoms with Crippen LogP contribution in [0.15, 0.2) is 0 Å². The lowest BCUT2D eigenvalue weighted by molar-refractivity contribution is 0.110. The molecule has 0 heterocycles. The van der Waals surface area contributed by atoms with Gasteiger partial charge in [0.05, 0.1) is 0 Å². The van der Waals surface area contributed by atoms with Gasteiger partial charge in [0.25, 0.3) is 0 Å². The first kappa shape index (κ1) is 37.8. The summed E-state index contributed by atoms with van der Waals surface area (Å²) in [6.45, 7) is 38.7. The minimum Gasteiger partial charge on any atom is -0.391 e. The van der Waals surface area contributed by atoms with E-state index >= 15 is 0 Å². The van der Waals surface area contributed by atoms with Crippen molar-refractivity contribution in [1.29, 1.82) is 0 Å². The Labute approximate surface area is 239 Å².